The van der Waals surface area contributed by atoms with Crippen LogP contribution < -0.4 is 10.2 Å². The topological polar surface area (TPSA) is 45.2 Å². The zero-order chi connectivity index (χ0) is 18.6. The van der Waals surface area contributed by atoms with Crippen LogP contribution in [0.3, 0.4) is 0 Å². The highest BCUT2D eigenvalue weighted by molar-refractivity contribution is 5.94. The molecule has 0 saturated carbocycles. The minimum absolute atomic E-state index is 0.155. The molecule has 2 aromatic carbocycles. The summed E-state index contributed by atoms with van der Waals surface area (Å²) in [6.45, 7) is 1.39. The second kappa shape index (κ2) is 7.58. The number of carbonyl (C=O) groups excluding carboxylic acids is 1. The number of aromatic nitrogens is 1. The van der Waals surface area contributed by atoms with E-state index in [0.29, 0.717) is 18.5 Å². The summed E-state index contributed by atoms with van der Waals surface area (Å²) in [6.07, 6.45) is 3.27. The number of anilines is 2. The van der Waals surface area contributed by atoms with Gasteiger partial charge in [-0.2, -0.15) is 0 Å². The number of benzene rings is 2. The molecule has 27 heavy (non-hydrogen) atoms. The molecule has 4 nitrogen and oxygen atoms in total. The third-order valence-electron chi connectivity index (χ3n) is 4.79. The average Bonchev–Trinajstić information content (AvgIpc) is 3.14. The monoisotopic (exact) mass is 361 g/mol. The molecule has 2 heterocycles. The zero-order valence-electron chi connectivity index (χ0n) is 14.9. The molecule has 5 heteroatoms. The number of hydrogen-bond donors (Lipinski definition) is 1. The van der Waals surface area contributed by atoms with Gasteiger partial charge in [0.25, 0.3) is 5.91 Å². The third-order valence-corrected chi connectivity index (χ3v) is 4.79. The second-order valence-corrected chi connectivity index (χ2v) is 6.57. The van der Waals surface area contributed by atoms with Gasteiger partial charge in [0.05, 0.1) is 5.56 Å². The smallest absolute Gasteiger partial charge is 0.252 e. The summed E-state index contributed by atoms with van der Waals surface area (Å²) in [7, 11) is 0. The SMILES string of the molecule is O=C(NCCc1ccc(F)cc1)c1ccc(N2CCc3ccccc32)nc1. The van der Waals surface area contributed by atoms with Crippen LogP contribution in [0, 0.1) is 5.82 Å². The molecule has 0 atom stereocenters. The van der Waals surface area contributed by atoms with E-state index in [1.54, 1.807) is 24.4 Å². The van der Waals surface area contributed by atoms with Crippen LogP contribution in [0.1, 0.15) is 21.5 Å². The van der Waals surface area contributed by atoms with Crippen LogP contribution in [-0.2, 0) is 12.8 Å². The molecule has 0 radical (unpaired) electrons. The average molecular weight is 361 g/mol. The summed E-state index contributed by atoms with van der Waals surface area (Å²) in [6, 6.07) is 18.3. The number of nitrogens with zero attached hydrogens (tertiary/aromatic N) is 2. The molecule has 1 N–H and O–H groups in total. The molecule has 0 bridgehead atoms. The highest BCUT2D eigenvalue weighted by Crippen LogP contribution is 2.32. The van der Waals surface area contributed by atoms with E-state index in [1.807, 2.05) is 12.1 Å². The minimum Gasteiger partial charge on any atom is -0.352 e. The van der Waals surface area contributed by atoms with E-state index in [1.165, 1.54) is 23.4 Å². The van der Waals surface area contributed by atoms with Gasteiger partial charge >= 0.3 is 0 Å². The molecule has 3 aromatic rings. The first-order chi connectivity index (χ1) is 13.2. The van der Waals surface area contributed by atoms with E-state index in [2.05, 4.69) is 33.4 Å². The fourth-order valence-corrected chi connectivity index (χ4v) is 3.33. The third kappa shape index (κ3) is 3.82. The lowest BCUT2D eigenvalue weighted by Crippen LogP contribution is -2.26. The maximum Gasteiger partial charge on any atom is 0.252 e. The zero-order valence-corrected chi connectivity index (χ0v) is 14.9. The highest BCUT2D eigenvalue weighted by Gasteiger charge is 2.20. The van der Waals surface area contributed by atoms with Crippen molar-refractivity contribution in [2.75, 3.05) is 18.0 Å². The molecule has 1 aromatic heterocycles. The second-order valence-electron chi connectivity index (χ2n) is 6.57. The van der Waals surface area contributed by atoms with Crippen molar-refractivity contribution in [2.45, 2.75) is 12.8 Å². The largest absolute Gasteiger partial charge is 0.352 e. The van der Waals surface area contributed by atoms with Crippen molar-refractivity contribution in [2.24, 2.45) is 0 Å². The predicted molar refractivity (Wildman–Crippen MR) is 104 cm³/mol. The summed E-state index contributed by atoms with van der Waals surface area (Å²) in [5.74, 6) is 0.440. The molecule has 0 fully saturated rings. The highest BCUT2D eigenvalue weighted by atomic mass is 19.1. The predicted octanol–water partition coefficient (Wildman–Crippen LogP) is 3.89. The first-order valence-electron chi connectivity index (χ1n) is 9.05. The van der Waals surface area contributed by atoms with Gasteiger partial charge in [-0.3, -0.25) is 4.79 Å². The lowest BCUT2D eigenvalue weighted by molar-refractivity contribution is 0.0954. The summed E-state index contributed by atoms with van der Waals surface area (Å²) in [4.78, 5) is 18.9. The maximum atomic E-state index is 12.9. The molecule has 1 aliphatic rings. The first kappa shape index (κ1) is 17.2. The maximum absolute atomic E-state index is 12.9. The Kier molecular flexibility index (Phi) is 4.83. The Morgan fingerprint density at radius 3 is 2.67 bits per heavy atom. The molecular weight excluding hydrogens is 341 g/mol. The normalized spacial score (nSPS) is 12.7. The summed E-state index contributed by atoms with van der Waals surface area (Å²) in [5.41, 5.74) is 4.02. The van der Waals surface area contributed by atoms with Crippen molar-refractivity contribution >= 4 is 17.4 Å². The van der Waals surface area contributed by atoms with Crippen molar-refractivity contribution in [3.8, 4) is 0 Å². The number of carbonyl (C=O) groups is 1. The number of rotatable bonds is 5. The number of nitrogens with one attached hydrogen (secondary N) is 1. The van der Waals surface area contributed by atoms with Crippen molar-refractivity contribution in [1.29, 1.82) is 0 Å². The quantitative estimate of drug-likeness (QED) is 0.750. The van der Waals surface area contributed by atoms with Gasteiger partial charge in [0.2, 0.25) is 0 Å². The van der Waals surface area contributed by atoms with Gasteiger partial charge in [-0.05, 0) is 54.3 Å². The Bertz CT molecular complexity index is 939. The number of pyridine rings is 1. The molecule has 1 amide bonds. The number of hydrogen-bond acceptors (Lipinski definition) is 3. The van der Waals surface area contributed by atoms with Crippen LogP contribution in [0.15, 0.2) is 66.9 Å². The van der Waals surface area contributed by atoms with Crippen LogP contribution in [0.5, 0.6) is 0 Å². The van der Waals surface area contributed by atoms with Gasteiger partial charge < -0.3 is 10.2 Å². The molecule has 0 unspecified atom stereocenters. The fraction of sp³-hybridized carbons (Fsp3) is 0.182. The van der Waals surface area contributed by atoms with Crippen molar-refractivity contribution in [3.63, 3.8) is 0 Å². The Hall–Kier alpha value is -3.21. The summed E-state index contributed by atoms with van der Waals surface area (Å²) < 4.78 is 12.9. The Balaban J connectivity index is 1.36. The van der Waals surface area contributed by atoms with Gasteiger partial charge in [0.15, 0.2) is 0 Å². The Morgan fingerprint density at radius 2 is 1.89 bits per heavy atom. The molecule has 0 aliphatic carbocycles. The Morgan fingerprint density at radius 1 is 1.07 bits per heavy atom. The van der Waals surface area contributed by atoms with Crippen LogP contribution in [0.25, 0.3) is 0 Å². The molecule has 0 spiro atoms. The molecule has 4 rings (SSSR count). The van der Waals surface area contributed by atoms with Crippen LogP contribution in [-0.4, -0.2) is 24.0 Å². The van der Waals surface area contributed by atoms with Gasteiger partial charge in [-0.25, -0.2) is 9.37 Å². The van der Waals surface area contributed by atoms with Crippen molar-refractivity contribution < 1.29 is 9.18 Å². The van der Waals surface area contributed by atoms with E-state index in [0.717, 1.165) is 24.3 Å². The van der Waals surface area contributed by atoms with Gasteiger partial charge in [0, 0.05) is 25.0 Å². The van der Waals surface area contributed by atoms with Crippen molar-refractivity contribution in [1.82, 2.24) is 10.3 Å². The van der Waals surface area contributed by atoms with Crippen LogP contribution >= 0.6 is 0 Å². The number of fused-ring (bicyclic) bond motifs is 1. The van der Waals surface area contributed by atoms with Gasteiger partial charge in [-0.1, -0.05) is 30.3 Å². The fourth-order valence-electron chi connectivity index (χ4n) is 3.33. The lowest BCUT2D eigenvalue weighted by Gasteiger charge is -2.18. The molecule has 136 valence electrons. The van der Waals surface area contributed by atoms with E-state index in [-0.39, 0.29) is 11.7 Å². The summed E-state index contributed by atoms with van der Waals surface area (Å²) in [5, 5.41) is 2.88. The van der Waals surface area contributed by atoms with Crippen LogP contribution in [0.4, 0.5) is 15.9 Å². The van der Waals surface area contributed by atoms with Gasteiger partial charge in [-0.15, -0.1) is 0 Å². The van der Waals surface area contributed by atoms with E-state index in [4.69, 9.17) is 0 Å². The number of para-hydroxylation sites is 1. The summed E-state index contributed by atoms with van der Waals surface area (Å²) >= 11 is 0. The van der Waals surface area contributed by atoms with E-state index in [9.17, 15) is 9.18 Å². The Labute approximate surface area is 157 Å². The molecule has 0 saturated heterocycles. The number of amides is 1. The standard InChI is InChI=1S/C22H20FN3O/c23-19-8-5-16(6-9-19)11-13-24-22(27)18-7-10-21(25-15-18)26-14-12-17-3-1-2-4-20(17)26/h1-10,15H,11-14H2,(H,24,27). The van der Waals surface area contributed by atoms with Crippen molar-refractivity contribution in [3.05, 3.63) is 89.4 Å². The molecule has 1 aliphatic heterocycles. The van der Waals surface area contributed by atoms with E-state index < -0.39 is 0 Å². The first-order valence-corrected chi connectivity index (χ1v) is 9.05. The van der Waals surface area contributed by atoms with Gasteiger partial charge in [0.1, 0.15) is 11.6 Å². The van der Waals surface area contributed by atoms with E-state index >= 15 is 0 Å². The molecular formula is C22H20FN3O. The minimum atomic E-state index is -0.255. The lowest BCUT2D eigenvalue weighted by atomic mass is 10.1. The van der Waals surface area contributed by atoms with Crippen LogP contribution in [0.2, 0.25) is 0 Å². The number of halogens is 1.